The number of benzene rings is 1. The van der Waals surface area contributed by atoms with Crippen LogP contribution in [0.3, 0.4) is 0 Å². The lowest BCUT2D eigenvalue weighted by atomic mass is 10.1. The fourth-order valence-electron chi connectivity index (χ4n) is 2.73. The number of carbonyl (C=O) groups is 1. The molecule has 4 heteroatoms. The van der Waals surface area contributed by atoms with E-state index < -0.39 is 0 Å². The summed E-state index contributed by atoms with van der Waals surface area (Å²) in [7, 11) is 0. The maximum absolute atomic E-state index is 12.3. The lowest BCUT2D eigenvalue weighted by Crippen LogP contribution is -2.44. The van der Waals surface area contributed by atoms with Crippen molar-refractivity contribution in [1.29, 1.82) is 0 Å². The normalized spacial score (nSPS) is 19.2. The summed E-state index contributed by atoms with van der Waals surface area (Å²) in [5.41, 5.74) is 2.37. The van der Waals surface area contributed by atoms with E-state index in [9.17, 15) is 9.90 Å². The molecule has 1 amide bonds. The first-order valence-corrected chi connectivity index (χ1v) is 7.72. The van der Waals surface area contributed by atoms with Crippen LogP contribution >= 0.6 is 0 Å². The number of amides is 1. The van der Waals surface area contributed by atoms with Gasteiger partial charge in [-0.2, -0.15) is 0 Å². The first-order valence-electron chi connectivity index (χ1n) is 7.72. The number of carbonyl (C=O) groups excluding carboxylic acids is 1. The van der Waals surface area contributed by atoms with Crippen LogP contribution in [0, 0.1) is 13.8 Å². The summed E-state index contributed by atoms with van der Waals surface area (Å²) < 4.78 is 5.62. The van der Waals surface area contributed by atoms with Crippen molar-refractivity contribution in [2.45, 2.75) is 45.6 Å². The van der Waals surface area contributed by atoms with Gasteiger partial charge in [0, 0.05) is 6.54 Å². The highest BCUT2D eigenvalue weighted by atomic mass is 16.5. The highest BCUT2D eigenvalue weighted by Crippen LogP contribution is 2.19. The Morgan fingerprint density at radius 1 is 1.29 bits per heavy atom. The molecule has 1 aromatic carbocycles. The van der Waals surface area contributed by atoms with Crippen molar-refractivity contribution in [3.63, 3.8) is 0 Å². The van der Waals surface area contributed by atoms with Gasteiger partial charge in [0.05, 0.1) is 12.6 Å². The SMILES string of the molecule is Cc1ccc(OCC(=O)N2CCCCCC2CO)cc1C. The molecule has 1 aliphatic rings. The first kappa shape index (κ1) is 15.8. The molecule has 0 aliphatic carbocycles. The average molecular weight is 291 g/mol. The molecule has 1 unspecified atom stereocenters. The van der Waals surface area contributed by atoms with Gasteiger partial charge >= 0.3 is 0 Å². The molecule has 0 spiro atoms. The Labute approximate surface area is 126 Å². The molecular weight excluding hydrogens is 266 g/mol. The van der Waals surface area contributed by atoms with Crippen LogP contribution in [0.2, 0.25) is 0 Å². The number of likely N-dealkylation sites (tertiary alicyclic amines) is 1. The molecule has 4 nitrogen and oxygen atoms in total. The van der Waals surface area contributed by atoms with E-state index in [1.54, 1.807) is 4.90 Å². The second kappa shape index (κ2) is 7.46. The number of hydrogen-bond acceptors (Lipinski definition) is 3. The number of ether oxygens (including phenoxy) is 1. The lowest BCUT2D eigenvalue weighted by Gasteiger charge is -2.28. The summed E-state index contributed by atoms with van der Waals surface area (Å²) >= 11 is 0. The molecule has 0 saturated carbocycles. The van der Waals surface area contributed by atoms with Crippen LogP contribution in [-0.4, -0.2) is 41.7 Å². The molecule has 1 fully saturated rings. The summed E-state index contributed by atoms with van der Waals surface area (Å²) in [4.78, 5) is 14.1. The van der Waals surface area contributed by atoms with Crippen molar-refractivity contribution in [1.82, 2.24) is 4.90 Å². The molecule has 1 aromatic rings. The molecule has 0 radical (unpaired) electrons. The third kappa shape index (κ3) is 4.21. The molecule has 116 valence electrons. The maximum Gasteiger partial charge on any atom is 0.260 e. The lowest BCUT2D eigenvalue weighted by molar-refractivity contribution is -0.136. The highest BCUT2D eigenvalue weighted by molar-refractivity contribution is 5.78. The highest BCUT2D eigenvalue weighted by Gasteiger charge is 2.24. The monoisotopic (exact) mass is 291 g/mol. The standard InChI is InChI=1S/C17H25NO3/c1-13-7-8-16(10-14(13)2)21-12-17(20)18-9-5-3-4-6-15(18)11-19/h7-8,10,15,19H,3-6,9,11-12H2,1-2H3. The Hall–Kier alpha value is -1.55. The Balaban J connectivity index is 1.94. The van der Waals surface area contributed by atoms with Gasteiger partial charge in [-0.15, -0.1) is 0 Å². The number of nitrogens with zero attached hydrogens (tertiary/aromatic N) is 1. The van der Waals surface area contributed by atoms with Crippen LogP contribution in [0.15, 0.2) is 18.2 Å². The number of hydrogen-bond donors (Lipinski definition) is 1. The van der Waals surface area contributed by atoms with Crippen molar-refractivity contribution < 1.29 is 14.6 Å². The Morgan fingerprint density at radius 3 is 2.81 bits per heavy atom. The van der Waals surface area contributed by atoms with Gasteiger partial charge in [-0.1, -0.05) is 18.9 Å². The van der Waals surface area contributed by atoms with Gasteiger partial charge < -0.3 is 14.7 Å². The van der Waals surface area contributed by atoms with E-state index in [2.05, 4.69) is 0 Å². The van der Waals surface area contributed by atoms with Crippen molar-refractivity contribution in [3.05, 3.63) is 29.3 Å². The molecule has 1 aliphatic heterocycles. The quantitative estimate of drug-likeness (QED) is 0.927. The van der Waals surface area contributed by atoms with Crippen LogP contribution in [-0.2, 0) is 4.79 Å². The average Bonchev–Trinajstić information content (AvgIpc) is 2.73. The Bertz CT molecular complexity index is 487. The van der Waals surface area contributed by atoms with Crippen LogP contribution in [0.4, 0.5) is 0 Å². The van der Waals surface area contributed by atoms with E-state index in [0.717, 1.165) is 43.5 Å². The van der Waals surface area contributed by atoms with Crippen molar-refractivity contribution in [3.8, 4) is 5.75 Å². The number of aryl methyl sites for hydroxylation is 2. The number of aliphatic hydroxyl groups excluding tert-OH is 1. The van der Waals surface area contributed by atoms with E-state index in [4.69, 9.17) is 4.74 Å². The number of aliphatic hydroxyl groups is 1. The van der Waals surface area contributed by atoms with Gasteiger partial charge in [0.2, 0.25) is 0 Å². The molecule has 1 atom stereocenters. The summed E-state index contributed by atoms with van der Waals surface area (Å²) in [5.74, 6) is 0.691. The molecule has 21 heavy (non-hydrogen) atoms. The minimum atomic E-state index is -0.0525. The molecule has 2 rings (SSSR count). The molecule has 0 bridgehead atoms. The van der Waals surface area contributed by atoms with Gasteiger partial charge in [-0.05, 0) is 49.9 Å². The van der Waals surface area contributed by atoms with Gasteiger partial charge in [-0.3, -0.25) is 4.79 Å². The topological polar surface area (TPSA) is 49.8 Å². The van der Waals surface area contributed by atoms with Crippen molar-refractivity contribution in [2.24, 2.45) is 0 Å². The minimum absolute atomic E-state index is 0.0332. The van der Waals surface area contributed by atoms with Crippen LogP contribution in [0.25, 0.3) is 0 Å². The molecule has 1 heterocycles. The molecular formula is C17H25NO3. The zero-order valence-electron chi connectivity index (χ0n) is 13.0. The smallest absolute Gasteiger partial charge is 0.260 e. The first-order chi connectivity index (χ1) is 10.1. The van der Waals surface area contributed by atoms with Gasteiger partial charge in [-0.25, -0.2) is 0 Å². The molecule has 1 N–H and O–H groups in total. The van der Waals surface area contributed by atoms with Gasteiger partial charge in [0.1, 0.15) is 5.75 Å². The summed E-state index contributed by atoms with van der Waals surface area (Å²) in [6, 6.07) is 5.79. The second-order valence-corrected chi connectivity index (χ2v) is 5.81. The van der Waals surface area contributed by atoms with E-state index in [0.29, 0.717) is 0 Å². The van der Waals surface area contributed by atoms with E-state index in [1.165, 1.54) is 5.56 Å². The maximum atomic E-state index is 12.3. The van der Waals surface area contributed by atoms with Crippen LogP contribution < -0.4 is 4.74 Å². The fourth-order valence-corrected chi connectivity index (χ4v) is 2.73. The van der Waals surface area contributed by atoms with Crippen LogP contribution in [0.5, 0.6) is 5.75 Å². The Morgan fingerprint density at radius 2 is 2.10 bits per heavy atom. The Kier molecular flexibility index (Phi) is 5.62. The minimum Gasteiger partial charge on any atom is -0.484 e. The van der Waals surface area contributed by atoms with Gasteiger partial charge in [0.25, 0.3) is 5.91 Å². The largest absolute Gasteiger partial charge is 0.484 e. The number of rotatable bonds is 4. The van der Waals surface area contributed by atoms with E-state index >= 15 is 0 Å². The van der Waals surface area contributed by atoms with Crippen molar-refractivity contribution >= 4 is 5.91 Å². The third-order valence-corrected chi connectivity index (χ3v) is 4.25. The fraction of sp³-hybridized carbons (Fsp3) is 0.588. The van der Waals surface area contributed by atoms with E-state index in [-0.39, 0.29) is 25.2 Å². The summed E-state index contributed by atoms with van der Waals surface area (Å²) in [5, 5.41) is 9.45. The van der Waals surface area contributed by atoms with E-state index in [1.807, 2.05) is 32.0 Å². The zero-order chi connectivity index (χ0) is 15.2. The van der Waals surface area contributed by atoms with Crippen LogP contribution in [0.1, 0.15) is 36.8 Å². The van der Waals surface area contributed by atoms with Gasteiger partial charge in [0.15, 0.2) is 6.61 Å². The zero-order valence-corrected chi connectivity index (χ0v) is 13.0. The molecule has 0 aromatic heterocycles. The predicted octanol–water partition coefficient (Wildman–Crippen LogP) is 2.45. The molecule has 1 saturated heterocycles. The summed E-state index contributed by atoms with van der Waals surface area (Å²) in [6.45, 7) is 4.88. The summed E-state index contributed by atoms with van der Waals surface area (Å²) in [6.07, 6.45) is 4.09. The van der Waals surface area contributed by atoms with Crippen molar-refractivity contribution in [2.75, 3.05) is 19.8 Å². The predicted molar refractivity (Wildman–Crippen MR) is 82.5 cm³/mol. The third-order valence-electron chi connectivity index (χ3n) is 4.25. The second-order valence-electron chi connectivity index (χ2n) is 5.81.